The lowest BCUT2D eigenvalue weighted by molar-refractivity contribution is -0.137. The van der Waals surface area contributed by atoms with Gasteiger partial charge in [-0.05, 0) is 12.1 Å². The minimum atomic E-state index is -4.31. The van der Waals surface area contributed by atoms with E-state index in [-0.39, 0.29) is 0 Å². The monoisotopic (exact) mass is 316 g/mol. The fourth-order valence-corrected chi connectivity index (χ4v) is 2.50. The van der Waals surface area contributed by atoms with Crippen LogP contribution in [-0.2, 0) is 17.5 Å². The van der Waals surface area contributed by atoms with E-state index in [0.717, 1.165) is 23.7 Å². The van der Waals surface area contributed by atoms with E-state index in [0.29, 0.717) is 24.4 Å². The van der Waals surface area contributed by atoms with Gasteiger partial charge in [0.2, 0.25) is 0 Å². The summed E-state index contributed by atoms with van der Waals surface area (Å²) in [5.41, 5.74) is 0.725. The summed E-state index contributed by atoms with van der Waals surface area (Å²) in [5, 5.41) is 5.90. The summed E-state index contributed by atoms with van der Waals surface area (Å²) in [6.45, 7) is 1.97. The largest absolute Gasteiger partial charge is 0.416 e. The zero-order valence-electron chi connectivity index (χ0n) is 11.4. The van der Waals surface area contributed by atoms with Crippen molar-refractivity contribution in [1.82, 2.24) is 10.3 Å². The third-order valence-corrected chi connectivity index (χ3v) is 3.67. The SMILES string of the molecule is COCCNCc1nc(-c2ccc(C(F)(F)F)cc2)cs1. The second-order valence-electron chi connectivity index (χ2n) is 4.37. The number of ether oxygens (including phenoxy) is 1. The van der Waals surface area contributed by atoms with Crippen molar-refractivity contribution in [3.05, 3.63) is 40.2 Å². The second-order valence-corrected chi connectivity index (χ2v) is 5.31. The van der Waals surface area contributed by atoms with Crippen LogP contribution in [0.4, 0.5) is 13.2 Å². The first-order valence-corrected chi connectivity index (χ1v) is 7.20. The Bertz CT molecular complexity index is 566. The quantitative estimate of drug-likeness (QED) is 0.827. The molecule has 0 bridgehead atoms. The Morgan fingerprint density at radius 1 is 1.24 bits per heavy atom. The molecule has 1 heterocycles. The van der Waals surface area contributed by atoms with Crippen LogP contribution in [0, 0.1) is 0 Å². The Kier molecular flexibility index (Phi) is 5.33. The molecular weight excluding hydrogens is 301 g/mol. The summed E-state index contributed by atoms with van der Waals surface area (Å²) in [6.07, 6.45) is -4.31. The van der Waals surface area contributed by atoms with Crippen LogP contribution in [0.1, 0.15) is 10.6 Å². The molecule has 3 nitrogen and oxygen atoms in total. The molecule has 0 saturated carbocycles. The van der Waals surface area contributed by atoms with E-state index in [1.807, 2.05) is 5.38 Å². The van der Waals surface area contributed by atoms with Crippen LogP contribution in [0.2, 0.25) is 0 Å². The van der Waals surface area contributed by atoms with Crippen LogP contribution in [0.3, 0.4) is 0 Å². The van der Waals surface area contributed by atoms with E-state index in [4.69, 9.17) is 4.74 Å². The number of aromatic nitrogens is 1. The van der Waals surface area contributed by atoms with Crippen LogP contribution in [0.15, 0.2) is 29.6 Å². The lowest BCUT2D eigenvalue weighted by Crippen LogP contribution is -2.18. The second kappa shape index (κ2) is 7.02. The molecule has 0 saturated heterocycles. The molecule has 0 radical (unpaired) electrons. The molecule has 114 valence electrons. The number of thiazole rings is 1. The molecule has 1 N–H and O–H groups in total. The minimum Gasteiger partial charge on any atom is -0.383 e. The third-order valence-electron chi connectivity index (χ3n) is 2.82. The van der Waals surface area contributed by atoms with Crippen LogP contribution in [0.25, 0.3) is 11.3 Å². The zero-order valence-corrected chi connectivity index (χ0v) is 12.2. The molecule has 0 spiro atoms. The van der Waals surface area contributed by atoms with E-state index in [9.17, 15) is 13.2 Å². The van der Waals surface area contributed by atoms with Gasteiger partial charge >= 0.3 is 6.18 Å². The predicted octanol–water partition coefficient (Wildman–Crippen LogP) is 3.56. The highest BCUT2D eigenvalue weighted by Crippen LogP contribution is 2.31. The van der Waals surface area contributed by atoms with E-state index < -0.39 is 11.7 Å². The fourth-order valence-electron chi connectivity index (χ4n) is 1.72. The molecule has 0 aliphatic heterocycles. The van der Waals surface area contributed by atoms with Crippen molar-refractivity contribution < 1.29 is 17.9 Å². The number of benzene rings is 1. The molecule has 2 aromatic rings. The van der Waals surface area contributed by atoms with Gasteiger partial charge in [-0.25, -0.2) is 4.98 Å². The highest BCUT2D eigenvalue weighted by Gasteiger charge is 2.30. The summed E-state index contributed by atoms with van der Waals surface area (Å²) < 4.78 is 42.4. The number of methoxy groups -OCH3 is 1. The first kappa shape index (κ1) is 15.9. The maximum atomic E-state index is 12.5. The number of hydrogen-bond donors (Lipinski definition) is 1. The average molecular weight is 316 g/mol. The van der Waals surface area contributed by atoms with E-state index >= 15 is 0 Å². The fraction of sp³-hybridized carbons (Fsp3) is 0.357. The average Bonchev–Trinajstić information content (AvgIpc) is 2.92. The molecule has 1 aromatic heterocycles. The Labute approximate surface area is 124 Å². The van der Waals surface area contributed by atoms with Crippen molar-refractivity contribution in [1.29, 1.82) is 0 Å². The lowest BCUT2D eigenvalue weighted by Gasteiger charge is -2.06. The van der Waals surface area contributed by atoms with E-state index in [1.54, 1.807) is 7.11 Å². The molecule has 1 aromatic carbocycles. The normalized spacial score (nSPS) is 11.8. The summed E-state index contributed by atoms with van der Waals surface area (Å²) in [5.74, 6) is 0. The molecule has 0 unspecified atom stereocenters. The third kappa shape index (κ3) is 4.52. The van der Waals surface area contributed by atoms with Gasteiger partial charge in [0, 0.05) is 31.1 Å². The molecular formula is C14H15F3N2OS. The van der Waals surface area contributed by atoms with Gasteiger partial charge in [-0.15, -0.1) is 11.3 Å². The molecule has 0 aliphatic carbocycles. The highest BCUT2D eigenvalue weighted by molar-refractivity contribution is 7.09. The first-order valence-electron chi connectivity index (χ1n) is 6.32. The number of rotatable bonds is 6. The highest BCUT2D eigenvalue weighted by atomic mass is 32.1. The Hall–Kier alpha value is -1.44. The van der Waals surface area contributed by atoms with Crippen LogP contribution in [-0.4, -0.2) is 25.2 Å². The lowest BCUT2D eigenvalue weighted by atomic mass is 10.1. The smallest absolute Gasteiger partial charge is 0.383 e. The van der Waals surface area contributed by atoms with Gasteiger partial charge in [0.1, 0.15) is 5.01 Å². The molecule has 21 heavy (non-hydrogen) atoms. The maximum Gasteiger partial charge on any atom is 0.416 e. The van der Waals surface area contributed by atoms with E-state index in [1.165, 1.54) is 23.5 Å². The molecule has 7 heteroatoms. The zero-order chi connectivity index (χ0) is 15.3. The van der Waals surface area contributed by atoms with Crippen LogP contribution >= 0.6 is 11.3 Å². The number of hydrogen-bond acceptors (Lipinski definition) is 4. The summed E-state index contributed by atoms with van der Waals surface area (Å²) >= 11 is 1.48. The maximum absolute atomic E-state index is 12.5. The predicted molar refractivity (Wildman–Crippen MR) is 76.1 cm³/mol. The first-order chi connectivity index (χ1) is 10.0. The van der Waals surface area contributed by atoms with Crippen LogP contribution < -0.4 is 5.32 Å². The van der Waals surface area contributed by atoms with Crippen molar-refractivity contribution in [2.24, 2.45) is 0 Å². The summed E-state index contributed by atoms with van der Waals surface area (Å²) in [6, 6.07) is 5.04. The Morgan fingerprint density at radius 2 is 1.95 bits per heavy atom. The summed E-state index contributed by atoms with van der Waals surface area (Å²) in [7, 11) is 1.63. The van der Waals surface area contributed by atoms with Gasteiger partial charge in [-0.3, -0.25) is 0 Å². The number of nitrogens with one attached hydrogen (secondary N) is 1. The number of alkyl halides is 3. The van der Waals surface area contributed by atoms with Gasteiger partial charge in [-0.1, -0.05) is 12.1 Å². The van der Waals surface area contributed by atoms with Gasteiger partial charge in [0.25, 0.3) is 0 Å². The minimum absolute atomic E-state index is 0.620. The standard InChI is InChI=1S/C14H15F3N2OS/c1-20-7-6-18-8-13-19-12(9-21-13)10-2-4-11(5-3-10)14(15,16)17/h2-5,9,18H,6-8H2,1H3. The van der Waals surface area contributed by atoms with Gasteiger partial charge in [-0.2, -0.15) is 13.2 Å². The van der Waals surface area contributed by atoms with Crippen molar-refractivity contribution >= 4 is 11.3 Å². The van der Waals surface area contributed by atoms with Crippen molar-refractivity contribution in [3.63, 3.8) is 0 Å². The van der Waals surface area contributed by atoms with Crippen LogP contribution in [0.5, 0.6) is 0 Å². The topological polar surface area (TPSA) is 34.1 Å². The Morgan fingerprint density at radius 3 is 2.57 bits per heavy atom. The van der Waals surface area contributed by atoms with Crippen molar-refractivity contribution in [2.45, 2.75) is 12.7 Å². The molecule has 0 atom stereocenters. The van der Waals surface area contributed by atoms with Gasteiger partial charge in [0.05, 0.1) is 17.9 Å². The molecule has 0 aliphatic rings. The van der Waals surface area contributed by atoms with Crippen molar-refractivity contribution in [3.8, 4) is 11.3 Å². The molecule has 0 amide bonds. The number of nitrogens with zero attached hydrogens (tertiary/aromatic N) is 1. The molecule has 2 rings (SSSR count). The molecule has 0 fully saturated rings. The van der Waals surface area contributed by atoms with Gasteiger partial charge < -0.3 is 10.1 Å². The summed E-state index contributed by atoms with van der Waals surface area (Å²) in [4.78, 5) is 4.40. The van der Waals surface area contributed by atoms with E-state index in [2.05, 4.69) is 10.3 Å². The van der Waals surface area contributed by atoms with Crippen molar-refractivity contribution in [2.75, 3.05) is 20.3 Å². The van der Waals surface area contributed by atoms with Gasteiger partial charge in [0.15, 0.2) is 0 Å². The Balaban J connectivity index is 2.00. The number of halogens is 3.